The van der Waals surface area contributed by atoms with Crippen LogP contribution in [0.1, 0.15) is 55.7 Å². The monoisotopic (exact) mass is 486 g/mol. The average molecular weight is 487 g/mol. The van der Waals surface area contributed by atoms with E-state index < -0.39 is 42.2 Å². The van der Waals surface area contributed by atoms with Crippen molar-refractivity contribution in [2.24, 2.45) is 11.3 Å². The normalized spacial score (nSPS) is 33.8. The summed E-state index contributed by atoms with van der Waals surface area (Å²) in [5.41, 5.74) is 2.28. The Labute approximate surface area is 200 Å². The van der Waals surface area contributed by atoms with E-state index in [4.69, 9.17) is 0 Å². The van der Waals surface area contributed by atoms with Crippen LogP contribution in [0.2, 0.25) is 0 Å². The molecule has 0 radical (unpaired) electrons. The van der Waals surface area contributed by atoms with Gasteiger partial charge in [-0.3, -0.25) is 15.1 Å². The summed E-state index contributed by atoms with van der Waals surface area (Å²) in [6.07, 6.45) is 0.827. The van der Waals surface area contributed by atoms with Crippen molar-refractivity contribution in [2.75, 3.05) is 0 Å². The second-order valence-corrected chi connectivity index (χ2v) is 9.58. The Balaban J connectivity index is 1.41. The molecule has 2 aromatic rings. The van der Waals surface area contributed by atoms with Gasteiger partial charge in [-0.2, -0.15) is 18.4 Å². The summed E-state index contributed by atoms with van der Waals surface area (Å²) in [4.78, 5) is 25.6. The molecule has 2 aliphatic heterocycles. The van der Waals surface area contributed by atoms with E-state index in [0.29, 0.717) is 5.56 Å². The van der Waals surface area contributed by atoms with Crippen LogP contribution in [-0.4, -0.2) is 44.2 Å². The molecule has 5 rings (SSSR count). The summed E-state index contributed by atoms with van der Waals surface area (Å²) in [6, 6.07) is 4.95. The Hall–Kier alpha value is -3.14. The number of nitrogens with zero attached hydrogens (tertiary/aromatic N) is 5. The van der Waals surface area contributed by atoms with Gasteiger partial charge in [0.05, 0.1) is 24.3 Å². The molecule has 0 bridgehead atoms. The number of nitrogens with one attached hydrogen (secondary N) is 3. The standard InChI is InChI=1S/C23H25F3N8O/c1-12(13-4-5-16(30-11-13)23(24,25)26)34-19-17(15(10-27)33-34)20(35)32-21(31-19)22(2)7-6-14(22)18-28-8-3-9-29-18/h3-5,8-9,11-12,14-15,17,19,21,31,33H,6-7H2,1-2H3,(H,32,35)/t12-,14?,15?,17?,19?,21?,22?/m0/s1. The molecular formula is C23H25F3N8O. The third kappa shape index (κ3) is 3.93. The van der Waals surface area contributed by atoms with E-state index in [1.165, 1.54) is 12.3 Å². The van der Waals surface area contributed by atoms with Crippen LogP contribution < -0.4 is 16.1 Å². The lowest BCUT2D eigenvalue weighted by molar-refractivity contribution is -0.141. The maximum absolute atomic E-state index is 13.2. The fourth-order valence-electron chi connectivity index (χ4n) is 5.41. The van der Waals surface area contributed by atoms with Gasteiger partial charge in [0.25, 0.3) is 0 Å². The second-order valence-electron chi connectivity index (χ2n) is 9.58. The molecule has 1 aliphatic carbocycles. The number of hydrogen-bond acceptors (Lipinski definition) is 8. The van der Waals surface area contributed by atoms with Crippen molar-refractivity contribution in [3.05, 3.63) is 53.9 Å². The molecule has 3 aliphatic rings. The molecule has 12 heteroatoms. The predicted octanol–water partition coefficient (Wildman–Crippen LogP) is 2.24. The summed E-state index contributed by atoms with van der Waals surface area (Å²) >= 11 is 0. The lowest BCUT2D eigenvalue weighted by Crippen LogP contribution is -2.71. The van der Waals surface area contributed by atoms with Gasteiger partial charge < -0.3 is 5.32 Å². The van der Waals surface area contributed by atoms with E-state index in [1.54, 1.807) is 30.4 Å². The average Bonchev–Trinajstić information content (AvgIpc) is 3.22. The highest BCUT2D eigenvalue weighted by molar-refractivity contribution is 5.82. The van der Waals surface area contributed by atoms with Crippen molar-refractivity contribution in [3.8, 4) is 6.07 Å². The molecule has 3 N–H and O–H groups in total. The molecule has 1 amide bonds. The lowest BCUT2D eigenvalue weighted by Gasteiger charge is -2.54. The van der Waals surface area contributed by atoms with Crippen molar-refractivity contribution in [1.29, 1.82) is 5.26 Å². The van der Waals surface area contributed by atoms with Crippen molar-refractivity contribution in [1.82, 2.24) is 36.0 Å². The Morgan fingerprint density at radius 2 is 2.00 bits per heavy atom. The summed E-state index contributed by atoms with van der Waals surface area (Å²) in [5, 5.41) is 18.0. The summed E-state index contributed by atoms with van der Waals surface area (Å²) in [7, 11) is 0. The minimum absolute atomic E-state index is 0.0455. The Kier molecular flexibility index (Phi) is 5.74. The molecular weight excluding hydrogens is 461 g/mol. The van der Waals surface area contributed by atoms with Crippen LogP contribution >= 0.6 is 0 Å². The third-order valence-corrected chi connectivity index (χ3v) is 7.65. The highest BCUT2D eigenvalue weighted by Crippen LogP contribution is 2.54. The molecule has 0 spiro atoms. The smallest absolute Gasteiger partial charge is 0.340 e. The van der Waals surface area contributed by atoms with E-state index >= 15 is 0 Å². The number of fused-ring (bicyclic) bond motifs is 1. The van der Waals surface area contributed by atoms with Crippen LogP contribution in [0.25, 0.3) is 0 Å². The minimum Gasteiger partial charge on any atom is -0.340 e. The molecule has 1 saturated carbocycles. The summed E-state index contributed by atoms with van der Waals surface area (Å²) in [5.74, 6) is -0.181. The first-order chi connectivity index (χ1) is 16.6. The lowest BCUT2D eigenvalue weighted by atomic mass is 9.58. The van der Waals surface area contributed by atoms with Gasteiger partial charge in [0.2, 0.25) is 5.91 Å². The van der Waals surface area contributed by atoms with E-state index in [9.17, 15) is 23.2 Å². The Bertz CT molecular complexity index is 1140. The number of aromatic nitrogens is 3. The highest BCUT2D eigenvalue weighted by atomic mass is 19.4. The Morgan fingerprint density at radius 3 is 2.57 bits per heavy atom. The van der Waals surface area contributed by atoms with E-state index in [1.807, 2.05) is 0 Å². The number of pyridine rings is 1. The first kappa shape index (κ1) is 23.6. The van der Waals surface area contributed by atoms with Crippen LogP contribution in [0.5, 0.6) is 0 Å². The van der Waals surface area contributed by atoms with Gasteiger partial charge in [-0.05, 0) is 37.5 Å². The molecule has 4 heterocycles. The van der Waals surface area contributed by atoms with Crippen molar-refractivity contribution in [2.45, 2.75) is 63.2 Å². The number of carbonyl (C=O) groups is 1. The van der Waals surface area contributed by atoms with Gasteiger partial charge in [0.15, 0.2) is 0 Å². The summed E-state index contributed by atoms with van der Waals surface area (Å²) in [6.45, 7) is 3.87. The van der Waals surface area contributed by atoms with Gasteiger partial charge in [0, 0.05) is 36.0 Å². The number of amides is 1. The molecule has 7 atom stereocenters. The molecule has 2 aromatic heterocycles. The first-order valence-corrected chi connectivity index (χ1v) is 11.4. The molecule has 9 nitrogen and oxygen atoms in total. The highest BCUT2D eigenvalue weighted by Gasteiger charge is 2.58. The van der Waals surface area contributed by atoms with Crippen LogP contribution in [0.4, 0.5) is 13.2 Å². The fourth-order valence-corrected chi connectivity index (χ4v) is 5.41. The SMILES string of the molecule is C[C@@H](c1ccc(C(F)(F)F)nc1)N1NC(C#N)C2C(=O)NC(C3(C)CCC3c3ncccn3)NC21. The number of carbonyl (C=O) groups excluding carboxylic acids is 1. The van der Waals surface area contributed by atoms with Crippen LogP contribution in [0.3, 0.4) is 0 Å². The maximum atomic E-state index is 13.2. The van der Waals surface area contributed by atoms with Crippen LogP contribution in [0.15, 0.2) is 36.8 Å². The van der Waals surface area contributed by atoms with Crippen molar-refractivity contribution in [3.63, 3.8) is 0 Å². The predicted molar refractivity (Wildman–Crippen MR) is 116 cm³/mol. The number of alkyl halides is 3. The maximum Gasteiger partial charge on any atom is 0.433 e. The second kappa shape index (κ2) is 8.51. The molecule has 2 saturated heterocycles. The molecule has 6 unspecified atom stereocenters. The first-order valence-electron chi connectivity index (χ1n) is 11.4. The van der Waals surface area contributed by atoms with Gasteiger partial charge in [-0.1, -0.05) is 13.0 Å². The van der Waals surface area contributed by atoms with Gasteiger partial charge >= 0.3 is 6.18 Å². The molecule has 0 aromatic carbocycles. The number of hydrogen-bond donors (Lipinski definition) is 3. The van der Waals surface area contributed by atoms with E-state index in [-0.39, 0.29) is 17.2 Å². The Morgan fingerprint density at radius 1 is 1.26 bits per heavy atom. The van der Waals surface area contributed by atoms with Crippen molar-refractivity contribution >= 4 is 5.91 Å². The largest absolute Gasteiger partial charge is 0.433 e. The molecule has 184 valence electrons. The zero-order valence-electron chi connectivity index (χ0n) is 19.1. The van der Waals surface area contributed by atoms with Gasteiger partial charge in [-0.25, -0.2) is 20.4 Å². The zero-order chi connectivity index (χ0) is 25.0. The quantitative estimate of drug-likeness (QED) is 0.602. The number of hydrazine groups is 1. The van der Waals surface area contributed by atoms with E-state index in [2.05, 4.69) is 44.0 Å². The summed E-state index contributed by atoms with van der Waals surface area (Å²) < 4.78 is 38.8. The van der Waals surface area contributed by atoms with E-state index in [0.717, 1.165) is 24.7 Å². The van der Waals surface area contributed by atoms with Gasteiger partial charge in [0.1, 0.15) is 17.6 Å². The fraction of sp³-hybridized carbons (Fsp3) is 0.522. The number of nitriles is 1. The van der Waals surface area contributed by atoms with Crippen molar-refractivity contribution < 1.29 is 18.0 Å². The molecule has 35 heavy (non-hydrogen) atoms. The number of halogens is 3. The minimum atomic E-state index is -4.53. The third-order valence-electron chi connectivity index (χ3n) is 7.65. The number of rotatable bonds is 4. The van der Waals surface area contributed by atoms with Gasteiger partial charge in [-0.15, -0.1) is 0 Å². The van der Waals surface area contributed by atoms with Crippen LogP contribution in [0, 0.1) is 22.7 Å². The topological polar surface area (TPSA) is 119 Å². The zero-order valence-corrected chi connectivity index (χ0v) is 19.1. The molecule has 3 fully saturated rings. The van der Waals surface area contributed by atoms with Crippen LogP contribution in [-0.2, 0) is 11.0 Å².